The molecular formula is C21H30ClN3O2. The first-order valence-electron chi connectivity index (χ1n) is 9.43. The number of nitrogens with one attached hydrogen (secondary N) is 1. The first-order chi connectivity index (χ1) is 12.6. The number of aryl methyl sites for hydroxylation is 1. The molecule has 0 unspecified atom stereocenters. The predicted molar refractivity (Wildman–Crippen MR) is 110 cm³/mol. The van der Waals surface area contributed by atoms with Crippen LogP contribution in [0, 0.1) is 0 Å². The molecule has 1 aromatic heterocycles. The number of amides is 2. The maximum atomic E-state index is 12.4. The van der Waals surface area contributed by atoms with Crippen LogP contribution in [0.5, 0.6) is 0 Å². The SMILES string of the molecule is CN(C)Cc1cc2c(o1)CN(C(=O)NCCCCc1ccccc1)CC2.Cl. The van der Waals surface area contributed by atoms with E-state index in [1.165, 1.54) is 11.1 Å². The molecule has 1 aliphatic rings. The molecule has 2 aromatic rings. The van der Waals surface area contributed by atoms with Crippen LogP contribution in [0.15, 0.2) is 40.8 Å². The molecule has 0 spiro atoms. The van der Waals surface area contributed by atoms with Crippen molar-refractivity contribution in [1.82, 2.24) is 15.1 Å². The highest BCUT2D eigenvalue weighted by atomic mass is 35.5. The quantitative estimate of drug-likeness (QED) is 0.729. The highest BCUT2D eigenvalue weighted by Crippen LogP contribution is 2.23. The molecular weight excluding hydrogens is 362 g/mol. The van der Waals surface area contributed by atoms with Crippen molar-refractivity contribution in [3.63, 3.8) is 0 Å². The number of rotatable bonds is 7. The third-order valence-electron chi connectivity index (χ3n) is 4.70. The Morgan fingerprint density at radius 2 is 2.00 bits per heavy atom. The maximum absolute atomic E-state index is 12.4. The highest BCUT2D eigenvalue weighted by molar-refractivity contribution is 5.85. The average Bonchev–Trinajstić information content (AvgIpc) is 3.02. The van der Waals surface area contributed by atoms with Crippen molar-refractivity contribution >= 4 is 18.4 Å². The number of halogens is 1. The van der Waals surface area contributed by atoms with Gasteiger partial charge in [0.25, 0.3) is 0 Å². The Hall–Kier alpha value is -1.98. The third kappa shape index (κ3) is 6.29. The van der Waals surface area contributed by atoms with E-state index in [0.717, 1.165) is 56.8 Å². The maximum Gasteiger partial charge on any atom is 0.317 e. The van der Waals surface area contributed by atoms with Crippen molar-refractivity contribution in [3.05, 3.63) is 59.0 Å². The molecule has 1 N–H and O–H groups in total. The molecule has 0 saturated heterocycles. The van der Waals surface area contributed by atoms with E-state index in [9.17, 15) is 4.79 Å². The van der Waals surface area contributed by atoms with Gasteiger partial charge in [-0.3, -0.25) is 0 Å². The molecule has 5 nitrogen and oxygen atoms in total. The minimum atomic E-state index is 0. The fourth-order valence-corrected chi connectivity index (χ4v) is 3.35. The summed E-state index contributed by atoms with van der Waals surface area (Å²) in [5.41, 5.74) is 2.60. The van der Waals surface area contributed by atoms with Gasteiger partial charge in [-0.2, -0.15) is 0 Å². The number of carbonyl (C=O) groups excluding carboxylic acids is 1. The molecule has 2 amide bonds. The Labute approximate surface area is 168 Å². The van der Waals surface area contributed by atoms with Crippen LogP contribution < -0.4 is 5.32 Å². The molecule has 27 heavy (non-hydrogen) atoms. The zero-order chi connectivity index (χ0) is 18.4. The first-order valence-corrected chi connectivity index (χ1v) is 9.43. The smallest absolute Gasteiger partial charge is 0.317 e. The Morgan fingerprint density at radius 3 is 2.74 bits per heavy atom. The Bertz CT molecular complexity index is 715. The first kappa shape index (κ1) is 21.3. The second-order valence-electron chi connectivity index (χ2n) is 7.25. The molecule has 1 aliphatic heterocycles. The van der Waals surface area contributed by atoms with Crippen LogP contribution in [0.1, 0.15) is 35.5 Å². The molecule has 0 aliphatic carbocycles. The van der Waals surface area contributed by atoms with E-state index in [4.69, 9.17) is 4.42 Å². The molecule has 3 rings (SSSR count). The summed E-state index contributed by atoms with van der Waals surface area (Å²) in [5.74, 6) is 1.91. The third-order valence-corrected chi connectivity index (χ3v) is 4.70. The van der Waals surface area contributed by atoms with Gasteiger partial charge in [0.15, 0.2) is 0 Å². The van der Waals surface area contributed by atoms with E-state index < -0.39 is 0 Å². The molecule has 0 bridgehead atoms. The second-order valence-corrected chi connectivity index (χ2v) is 7.25. The minimum absolute atomic E-state index is 0. The average molecular weight is 392 g/mol. The number of carbonyl (C=O) groups is 1. The number of hydrogen-bond acceptors (Lipinski definition) is 3. The predicted octanol–water partition coefficient (Wildman–Crippen LogP) is 3.85. The number of unbranched alkanes of at least 4 members (excludes halogenated alkanes) is 1. The molecule has 1 aromatic carbocycles. The molecule has 0 atom stereocenters. The lowest BCUT2D eigenvalue weighted by atomic mass is 10.1. The van der Waals surface area contributed by atoms with Crippen molar-refractivity contribution in [1.29, 1.82) is 0 Å². The van der Waals surface area contributed by atoms with Gasteiger partial charge >= 0.3 is 6.03 Å². The monoisotopic (exact) mass is 391 g/mol. The number of hydrogen-bond donors (Lipinski definition) is 1. The lowest BCUT2D eigenvalue weighted by molar-refractivity contribution is 0.185. The van der Waals surface area contributed by atoms with Gasteiger partial charge in [0.1, 0.15) is 11.5 Å². The van der Waals surface area contributed by atoms with Crippen LogP contribution in [-0.2, 0) is 25.9 Å². The van der Waals surface area contributed by atoms with Gasteiger partial charge in [-0.15, -0.1) is 12.4 Å². The normalized spacial score (nSPS) is 13.2. The van der Waals surface area contributed by atoms with Crippen LogP contribution in [0.2, 0.25) is 0 Å². The number of urea groups is 1. The number of nitrogens with zero attached hydrogens (tertiary/aromatic N) is 2. The summed E-state index contributed by atoms with van der Waals surface area (Å²) in [4.78, 5) is 16.3. The summed E-state index contributed by atoms with van der Waals surface area (Å²) in [7, 11) is 4.05. The fourth-order valence-electron chi connectivity index (χ4n) is 3.35. The van der Waals surface area contributed by atoms with Crippen molar-refractivity contribution in [2.45, 2.75) is 38.8 Å². The molecule has 0 saturated carbocycles. The summed E-state index contributed by atoms with van der Waals surface area (Å²) in [6.45, 7) is 2.84. The zero-order valence-corrected chi connectivity index (χ0v) is 17.1. The number of fused-ring (bicyclic) bond motifs is 1. The van der Waals surface area contributed by atoms with Gasteiger partial charge in [0.2, 0.25) is 0 Å². The van der Waals surface area contributed by atoms with Crippen molar-refractivity contribution in [3.8, 4) is 0 Å². The Kier molecular flexibility index (Phi) is 8.20. The van der Waals surface area contributed by atoms with Gasteiger partial charge in [-0.1, -0.05) is 30.3 Å². The lowest BCUT2D eigenvalue weighted by Crippen LogP contribution is -2.42. The van der Waals surface area contributed by atoms with Gasteiger partial charge in [0, 0.05) is 13.1 Å². The van der Waals surface area contributed by atoms with Crippen molar-refractivity contribution in [2.24, 2.45) is 0 Å². The standard InChI is InChI=1S/C21H29N3O2.ClH/c1-23(2)15-19-14-18-11-13-24(16-20(18)26-19)21(25)22-12-7-6-10-17-8-4-3-5-9-17;/h3-5,8-9,14H,6-7,10-13,15-16H2,1-2H3,(H,22,25);1H. The van der Waals surface area contributed by atoms with Gasteiger partial charge in [0.05, 0.1) is 13.1 Å². The van der Waals surface area contributed by atoms with E-state index in [1.54, 1.807) is 0 Å². The van der Waals surface area contributed by atoms with Crippen molar-refractivity contribution < 1.29 is 9.21 Å². The number of furan rings is 1. The molecule has 2 heterocycles. The highest BCUT2D eigenvalue weighted by Gasteiger charge is 2.24. The van der Waals surface area contributed by atoms with Crippen LogP contribution in [0.25, 0.3) is 0 Å². The van der Waals surface area contributed by atoms with E-state index in [1.807, 2.05) is 25.1 Å². The van der Waals surface area contributed by atoms with Crippen LogP contribution in [0.4, 0.5) is 4.79 Å². The number of benzene rings is 1. The molecule has 6 heteroatoms. The summed E-state index contributed by atoms with van der Waals surface area (Å²) in [6, 6.07) is 12.6. The van der Waals surface area contributed by atoms with Crippen LogP contribution in [-0.4, -0.2) is 43.0 Å². The largest absolute Gasteiger partial charge is 0.463 e. The van der Waals surface area contributed by atoms with E-state index in [2.05, 4.69) is 40.5 Å². The van der Waals surface area contributed by atoms with Gasteiger partial charge < -0.3 is 19.5 Å². The molecule has 148 valence electrons. The van der Waals surface area contributed by atoms with Crippen molar-refractivity contribution in [2.75, 3.05) is 27.2 Å². The van der Waals surface area contributed by atoms with E-state index in [-0.39, 0.29) is 18.4 Å². The van der Waals surface area contributed by atoms with E-state index >= 15 is 0 Å². The summed E-state index contributed by atoms with van der Waals surface area (Å²) in [6.07, 6.45) is 4.01. The second kappa shape index (κ2) is 10.4. The fraction of sp³-hybridized carbons (Fsp3) is 0.476. The zero-order valence-electron chi connectivity index (χ0n) is 16.2. The molecule has 0 fully saturated rings. The van der Waals surface area contributed by atoms with Crippen LogP contribution >= 0.6 is 12.4 Å². The Morgan fingerprint density at radius 1 is 1.22 bits per heavy atom. The van der Waals surface area contributed by atoms with Crippen LogP contribution in [0.3, 0.4) is 0 Å². The van der Waals surface area contributed by atoms with E-state index in [0.29, 0.717) is 6.54 Å². The van der Waals surface area contributed by atoms with Gasteiger partial charge in [-0.05, 0) is 57.0 Å². The summed E-state index contributed by atoms with van der Waals surface area (Å²) >= 11 is 0. The molecule has 0 radical (unpaired) electrons. The van der Waals surface area contributed by atoms with Gasteiger partial charge in [-0.25, -0.2) is 4.79 Å². The summed E-state index contributed by atoms with van der Waals surface area (Å²) < 4.78 is 5.93. The summed E-state index contributed by atoms with van der Waals surface area (Å²) in [5, 5.41) is 3.05. The topological polar surface area (TPSA) is 48.7 Å². The lowest BCUT2D eigenvalue weighted by Gasteiger charge is -2.26. The minimum Gasteiger partial charge on any atom is -0.463 e. The Balaban J connectivity index is 0.00000261.